The van der Waals surface area contributed by atoms with Gasteiger partial charge in [0.05, 0.1) is 41.6 Å². The molecule has 2 aromatic rings. The molecule has 4 amide bonds. The van der Waals surface area contributed by atoms with E-state index in [1.165, 1.54) is 13.0 Å². The highest BCUT2D eigenvalue weighted by Gasteiger charge is 2.44. The molecular weight excluding hydrogens is 522 g/mol. The average molecular weight is 556 g/mol. The Morgan fingerprint density at radius 1 is 1.10 bits per heavy atom. The number of hydrazine groups is 1. The van der Waals surface area contributed by atoms with E-state index >= 15 is 0 Å². The summed E-state index contributed by atoms with van der Waals surface area (Å²) in [6.07, 6.45) is 6.15. The molecule has 10 nitrogen and oxygen atoms in total. The topological polar surface area (TPSA) is 166 Å². The molecule has 2 fully saturated rings. The molecule has 0 spiro atoms. The molecule has 212 valence electrons. The number of benzene rings is 2. The Hall–Kier alpha value is -4.75. The first-order valence-electron chi connectivity index (χ1n) is 13.6. The lowest BCUT2D eigenvalue weighted by Crippen LogP contribution is -2.44. The summed E-state index contributed by atoms with van der Waals surface area (Å²) in [5, 5.41) is 26.4. The second kappa shape index (κ2) is 13.1. The number of nitriles is 1. The predicted molar refractivity (Wildman–Crippen MR) is 151 cm³/mol. The van der Waals surface area contributed by atoms with Gasteiger partial charge >= 0.3 is 0 Å². The largest absolute Gasteiger partial charge is 0.510 e. The Labute approximate surface area is 238 Å². The molecule has 10 heteroatoms. The van der Waals surface area contributed by atoms with Crippen LogP contribution in [0.1, 0.15) is 61.8 Å². The van der Waals surface area contributed by atoms with Gasteiger partial charge in [-0.25, -0.2) is 10.9 Å². The summed E-state index contributed by atoms with van der Waals surface area (Å²) in [7, 11) is 0. The molecule has 0 aromatic heterocycles. The number of imide groups is 1. The van der Waals surface area contributed by atoms with Gasteiger partial charge < -0.3 is 15.7 Å². The first-order chi connectivity index (χ1) is 19.7. The molecule has 2 aromatic carbocycles. The minimum atomic E-state index is -0.924. The van der Waals surface area contributed by atoms with Crippen LogP contribution in [0.5, 0.6) is 0 Å². The van der Waals surface area contributed by atoms with E-state index in [4.69, 9.17) is 11.1 Å². The van der Waals surface area contributed by atoms with E-state index in [0.29, 0.717) is 16.1 Å². The summed E-state index contributed by atoms with van der Waals surface area (Å²) in [5.74, 6) is 1.96. The fourth-order valence-corrected chi connectivity index (χ4v) is 5.36. The van der Waals surface area contributed by atoms with Crippen LogP contribution < -0.4 is 16.5 Å². The van der Waals surface area contributed by atoms with Gasteiger partial charge in [0.1, 0.15) is 5.76 Å². The quantitative estimate of drug-likeness (QED) is 0.121. The number of nitrogens with two attached hydrogens (primary N) is 1. The summed E-state index contributed by atoms with van der Waals surface area (Å²) in [5.41, 5.74) is 1.86. The van der Waals surface area contributed by atoms with Crippen molar-refractivity contribution in [3.05, 3.63) is 88.7 Å². The summed E-state index contributed by atoms with van der Waals surface area (Å²) >= 11 is 0. The van der Waals surface area contributed by atoms with Crippen LogP contribution in [0.25, 0.3) is 6.08 Å². The molecule has 0 radical (unpaired) electrons. The normalized spacial score (nSPS) is 20.1. The third-order valence-electron chi connectivity index (χ3n) is 7.62. The SMILES string of the molecule is C[C@@H]1C(=O)N(N)C(=O)/C1=C(\O)[C@@H](NC(=O)C[C@H](NC(=O)/C=C/c1ccc(C#N)cc1)c1ccccc1)C1CCCC1. The van der Waals surface area contributed by atoms with Crippen molar-refractivity contribution in [2.45, 2.75) is 51.1 Å². The third kappa shape index (κ3) is 6.88. The molecule has 0 unspecified atom stereocenters. The summed E-state index contributed by atoms with van der Waals surface area (Å²) in [4.78, 5) is 51.1. The first kappa shape index (κ1) is 29.2. The highest BCUT2D eigenvalue weighted by Crippen LogP contribution is 2.34. The molecule has 3 atom stereocenters. The van der Waals surface area contributed by atoms with Gasteiger partial charge in [0.2, 0.25) is 11.8 Å². The van der Waals surface area contributed by atoms with Crippen LogP contribution in [0, 0.1) is 23.2 Å². The molecule has 41 heavy (non-hydrogen) atoms. The van der Waals surface area contributed by atoms with Crippen molar-refractivity contribution in [2.24, 2.45) is 17.7 Å². The number of amides is 4. The Morgan fingerprint density at radius 2 is 1.76 bits per heavy atom. The maximum atomic E-state index is 13.4. The van der Waals surface area contributed by atoms with Crippen LogP contribution in [0.15, 0.2) is 72.0 Å². The maximum absolute atomic E-state index is 13.4. The first-order valence-corrected chi connectivity index (χ1v) is 13.6. The van der Waals surface area contributed by atoms with E-state index < -0.39 is 41.6 Å². The summed E-state index contributed by atoms with van der Waals surface area (Å²) in [6.45, 7) is 1.50. The van der Waals surface area contributed by atoms with Crippen molar-refractivity contribution in [1.29, 1.82) is 5.26 Å². The zero-order chi connectivity index (χ0) is 29.5. The number of aliphatic hydroxyl groups is 1. The molecule has 0 bridgehead atoms. The standard InChI is InChI=1S/C31H33N5O5/c1-19-27(31(41)36(33)30(19)40)29(39)28(23-9-5-6-10-23)35-26(38)17-24(22-7-3-2-4-8-22)34-25(37)16-15-20-11-13-21(18-32)14-12-20/h2-4,7-8,11-16,19,23-24,28,39H,5-6,9-10,17,33H2,1H3,(H,34,37)(H,35,38)/b16-15+,29-27-/t19-,24-,28-/m0/s1. The molecular formula is C31H33N5O5. The lowest BCUT2D eigenvalue weighted by Gasteiger charge is -2.27. The van der Waals surface area contributed by atoms with Crippen LogP contribution in [-0.2, 0) is 19.2 Å². The molecule has 1 saturated heterocycles. The van der Waals surface area contributed by atoms with E-state index in [1.807, 2.05) is 12.1 Å². The second-order valence-electron chi connectivity index (χ2n) is 10.4. The molecule has 4 rings (SSSR count). The Bertz CT molecular complexity index is 1400. The van der Waals surface area contributed by atoms with Gasteiger partial charge in [-0.2, -0.15) is 5.26 Å². The van der Waals surface area contributed by atoms with Gasteiger partial charge in [-0.1, -0.05) is 55.3 Å². The summed E-state index contributed by atoms with van der Waals surface area (Å²) < 4.78 is 0. The van der Waals surface area contributed by atoms with Crippen molar-refractivity contribution < 1.29 is 24.3 Å². The number of aliphatic hydroxyl groups excluding tert-OH is 1. The number of hydrogen-bond acceptors (Lipinski definition) is 7. The molecule has 5 N–H and O–H groups in total. The van der Waals surface area contributed by atoms with Crippen molar-refractivity contribution in [3.8, 4) is 6.07 Å². The lowest BCUT2D eigenvalue weighted by atomic mass is 9.90. The summed E-state index contributed by atoms with van der Waals surface area (Å²) in [6, 6.07) is 16.3. The van der Waals surface area contributed by atoms with Gasteiger partial charge in [-0.3, -0.25) is 19.2 Å². The van der Waals surface area contributed by atoms with E-state index in [0.717, 1.165) is 31.2 Å². The van der Waals surface area contributed by atoms with Gasteiger partial charge in [0, 0.05) is 6.08 Å². The minimum Gasteiger partial charge on any atom is -0.510 e. The Kier molecular flexibility index (Phi) is 9.32. The minimum absolute atomic E-state index is 0.101. The van der Waals surface area contributed by atoms with E-state index in [2.05, 4.69) is 10.6 Å². The maximum Gasteiger partial charge on any atom is 0.275 e. The fraction of sp³-hybridized carbons (Fsp3) is 0.323. The fourth-order valence-electron chi connectivity index (χ4n) is 5.36. The number of carbonyl (C=O) groups excluding carboxylic acids is 4. The molecule has 2 aliphatic rings. The number of nitrogens with zero attached hydrogens (tertiary/aromatic N) is 2. The van der Waals surface area contributed by atoms with Gasteiger partial charge in [-0.05, 0) is 55.0 Å². The zero-order valence-electron chi connectivity index (χ0n) is 22.7. The van der Waals surface area contributed by atoms with E-state index in [9.17, 15) is 24.3 Å². The van der Waals surface area contributed by atoms with Crippen molar-refractivity contribution in [2.75, 3.05) is 0 Å². The van der Waals surface area contributed by atoms with E-state index in [-0.39, 0.29) is 23.7 Å². The monoisotopic (exact) mass is 555 g/mol. The van der Waals surface area contributed by atoms with Gasteiger partial charge in [-0.15, -0.1) is 0 Å². The van der Waals surface area contributed by atoms with Crippen LogP contribution in [0.4, 0.5) is 0 Å². The zero-order valence-corrected chi connectivity index (χ0v) is 22.7. The lowest BCUT2D eigenvalue weighted by molar-refractivity contribution is -0.139. The third-order valence-corrected chi connectivity index (χ3v) is 7.62. The predicted octanol–water partition coefficient (Wildman–Crippen LogP) is 3.18. The van der Waals surface area contributed by atoms with Crippen LogP contribution >= 0.6 is 0 Å². The highest BCUT2D eigenvalue weighted by atomic mass is 16.3. The Balaban J connectivity index is 1.52. The molecule has 1 aliphatic carbocycles. The van der Waals surface area contributed by atoms with Crippen molar-refractivity contribution >= 4 is 29.7 Å². The number of hydrogen-bond donors (Lipinski definition) is 4. The smallest absolute Gasteiger partial charge is 0.275 e. The molecule has 1 heterocycles. The highest BCUT2D eigenvalue weighted by molar-refractivity contribution is 6.14. The number of nitrogens with one attached hydrogen (secondary N) is 2. The van der Waals surface area contributed by atoms with Crippen LogP contribution in [-0.4, -0.2) is 39.8 Å². The van der Waals surface area contributed by atoms with Gasteiger partial charge in [0.15, 0.2) is 0 Å². The van der Waals surface area contributed by atoms with Gasteiger partial charge in [0.25, 0.3) is 11.8 Å². The van der Waals surface area contributed by atoms with Crippen molar-refractivity contribution in [1.82, 2.24) is 15.6 Å². The molecule has 1 saturated carbocycles. The van der Waals surface area contributed by atoms with Crippen LogP contribution in [0.3, 0.4) is 0 Å². The van der Waals surface area contributed by atoms with Crippen molar-refractivity contribution in [3.63, 3.8) is 0 Å². The van der Waals surface area contributed by atoms with Crippen LogP contribution in [0.2, 0.25) is 0 Å². The second-order valence-corrected chi connectivity index (χ2v) is 10.4. The average Bonchev–Trinajstić information content (AvgIpc) is 3.58. The number of rotatable bonds is 9. The number of carbonyl (C=O) groups is 4. The van der Waals surface area contributed by atoms with E-state index in [1.54, 1.807) is 54.6 Å². The Morgan fingerprint density at radius 3 is 2.34 bits per heavy atom. The molecule has 1 aliphatic heterocycles.